The average Bonchev–Trinajstić information content (AvgIpc) is 2.64. The Morgan fingerprint density at radius 3 is 2.29 bits per heavy atom. The molecule has 2 nitrogen and oxygen atoms in total. The molecule has 2 atom stereocenters. The highest BCUT2D eigenvalue weighted by atomic mass is 16.5. The molecule has 0 aromatic heterocycles. The molecule has 1 saturated heterocycles. The van der Waals surface area contributed by atoms with Gasteiger partial charge in [-0.25, -0.2) is 0 Å². The third-order valence-corrected chi connectivity index (χ3v) is 6.09. The fourth-order valence-corrected chi connectivity index (χ4v) is 4.67. The monoisotopic (exact) mass is 330 g/mol. The second kappa shape index (κ2) is 8.89. The van der Waals surface area contributed by atoms with Gasteiger partial charge in [0.2, 0.25) is 0 Å². The van der Waals surface area contributed by atoms with Crippen LogP contribution in [-0.2, 0) is 4.74 Å². The topological polar surface area (TPSA) is 18.5 Å². The molecule has 3 rings (SSSR count). The van der Waals surface area contributed by atoms with E-state index in [4.69, 9.17) is 9.47 Å². The normalized spacial score (nSPS) is 30.9. The van der Waals surface area contributed by atoms with Crippen LogP contribution in [0.2, 0.25) is 0 Å². The molecule has 24 heavy (non-hydrogen) atoms. The summed E-state index contributed by atoms with van der Waals surface area (Å²) in [6.07, 6.45) is 11.4. The molecule has 0 amide bonds. The fraction of sp³-hybridized carbons (Fsp3) is 0.727. The van der Waals surface area contributed by atoms with Gasteiger partial charge >= 0.3 is 0 Å². The Morgan fingerprint density at radius 1 is 0.958 bits per heavy atom. The van der Waals surface area contributed by atoms with Crippen LogP contribution in [0.5, 0.6) is 5.75 Å². The summed E-state index contributed by atoms with van der Waals surface area (Å²) in [4.78, 5) is 0. The van der Waals surface area contributed by atoms with Crippen LogP contribution in [0.3, 0.4) is 0 Å². The molecular formula is C22H34O2. The zero-order valence-corrected chi connectivity index (χ0v) is 15.5. The van der Waals surface area contributed by atoms with Crippen LogP contribution in [0, 0.1) is 11.8 Å². The van der Waals surface area contributed by atoms with E-state index in [-0.39, 0.29) is 0 Å². The van der Waals surface area contributed by atoms with Crippen LogP contribution < -0.4 is 4.74 Å². The van der Waals surface area contributed by atoms with Crippen molar-refractivity contribution in [2.24, 2.45) is 11.8 Å². The molecule has 2 unspecified atom stereocenters. The Hall–Kier alpha value is -1.02. The van der Waals surface area contributed by atoms with Crippen LogP contribution in [0.15, 0.2) is 24.3 Å². The predicted molar refractivity (Wildman–Crippen MR) is 99.7 cm³/mol. The van der Waals surface area contributed by atoms with Crippen molar-refractivity contribution >= 4 is 0 Å². The second-order valence-corrected chi connectivity index (χ2v) is 7.72. The minimum atomic E-state index is 0.520. The highest BCUT2D eigenvalue weighted by Gasteiger charge is 2.31. The Balaban J connectivity index is 1.45. The van der Waals surface area contributed by atoms with Gasteiger partial charge in [-0.05, 0) is 62.1 Å². The van der Waals surface area contributed by atoms with E-state index < -0.39 is 0 Å². The standard InChI is InChI=1S/C22H34O2/c1-3-5-17-6-8-19(9-7-17)22-15-12-20(16-24-22)18-10-13-21(14-11-18)23-4-2/h10-11,13-14,17,19-20,22H,3-9,12,15-16H2,1-2H3. The quantitative estimate of drug-likeness (QED) is 0.641. The molecule has 1 heterocycles. The molecule has 1 aliphatic carbocycles. The predicted octanol–water partition coefficient (Wildman–Crippen LogP) is 5.95. The summed E-state index contributed by atoms with van der Waals surface area (Å²) in [6, 6.07) is 8.63. The molecule has 2 heteroatoms. The lowest BCUT2D eigenvalue weighted by molar-refractivity contribution is -0.0435. The van der Waals surface area contributed by atoms with Gasteiger partial charge in [0.1, 0.15) is 5.75 Å². The van der Waals surface area contributed by atoms with Crippen molar-refractivity contribution in [3.05, 3.63) is 29.8 Å². The Labute approximate surface area is 147 Å². The maximum atomic E-state index is 6.33. The van der Waals surface area contributed by atoms with E-state index in [2.05, 4.69) is 31.2 Å². The molecule has 0 radical (unpaired) electrons. The molecule has 1 aromatic rings. The largest absolute Gasteiger partial charge is 0.494 e. The number of rotatable bonds is 6. The van der Waals surface area contributed by atoms with Crippen LogP contribution >= 0.6 is 0 Å². The van der Waals surface area contributed by atoms with E-state index in [1.807, 2.05) is 6.92 Å². The lowest BCUT2D eigenvalue weighted by Crippen LogP contribution is -2.33. The average molecular weight is 331 g/mol. The van der Waals surface area contributed by atoms with Crippen molar-refractivity contribution in [1.82, 2.24) is 0 Å². The smallest absolute Gasteiger partial charge is 0.119 e. The van der Waals surface area contributed by atoms with Gasteiger partial charge in [-0.1, -0.05) is 44.7 Å². The first-order valence-electron chi connectivity index (χ1n) is 10.1. The van der Waals surface area contributed by atoms with Gasteiger partial charge in [0.25, 0.3) is 0 Å². The summed E-state index contributed by atoms with van der Waals surface area (Å²) < 4.78 is 11.9. The zero-order chi connectivity index (χ0) is 16.8. The van der Waals surface area contributed by atoms with Gasteiger partial charge < -0.3 is 9.47 Å². The van der Waals surface area contributed by atoms with E-state index in [1.54, 1.807) is 0 Å². The lowest BCUT2D eigenvalue weighted by atomic mass is 9.75. The molecular weight excluding hydrogens is 296 g/mol. The van der Waals surface area contributed by atoms with Gasteiger partial charge in [-0.15, -0.1) is 0 Å². The van der Waals surface area contributed by atoms with E-state index in [0.29, 0.717) is 12.0 Å². The summed E-state index contributed by atoms with van der Waals surface area (Å²) in [5, 5.41) is 0. The van der Waals surface area contributed by atoms with Crippen molar-refractivity contribution in [1.29, 1.82) is 0 Å². The number of hydrogen-bond donors (Lipinski definition) is 0. The zero-order valence-electron chi connectivity index (χ0n) is 15.5. The van der Waals surface area contributed by atoms with Crippen molar-refractivity contribution in [3.8, 4) is 5.75 Å². The first-order chi connectivity index (χ1) is 11.8. The molecule has 0 spiro atoms. The van der Waals surface area contributed by atoms with Gasteiger partial charge in [0.05, 0.1) is 19.3 Å². The molecule has 1 saturated carbocycles. The van der Waals surface area contributed by atoms with Crippen molar-refractivity contribution in [2.75, 3.05) is 13.2 Å². The molecule has 2 fully saturated rings. The minimum absolute atomic E-state index is 0.520. The number of ether oxygens (including phenoxy) is 2. The third-order valence-electron chi connectivity index (χ3n) is 6.09. The van der Waals surface area contributed by atoms with E-state index in [0.717, 1.165) is 30.8 Å². The first-order valence-corrected chi connectivity index (χ1v) is 10.1. The molecule has 0 N–H and O–H groups in total. The van der Waals surface area contributed by atoms with Crippen LogP contribution in [0.4, 0.5) is 0 Å². The minimum Gasteiger partial charge on any atom is -0.494 e. The summed E-state index contributed by atoms with van der Waals surface area (Å²) >= 11 is 0. The molecule has 1 aromatic carbocycles. The van der Waals surface area contributed by atoms with Gasteiger partial charge in [0, 0.05) is 5.92 Å². The summed E-state index contributed by atoms with van der Waals surface area (Å²) in [5.74, 6) is 3.35. The van der Waals surface area contributed by atoms with Gasteiger partial charge in [-0.2, -0.15) is 0 Å². The number of benzene rings is 1. The second-order valence-electron chi connectivity index (χ2n) is 7.72. The highest BCUT2D eigenvalue weighted by Crippen LogP contribution is 2.39. The maximum Gasteiger partial charge on any atom is 0.119 e. The fourth-order valence-electron chi connectivity index (χ4n) is 4.67. The summed E-state index contributed by atoms with van der Waals surface area (Å²) in [7, 11) is 0. The van der Waals surface area contributed by atoms with E-state index >= 15 is 0 Å². The Bertz CT molecular complexity index is 465. The Kier molecular flexibility index (Phi) is 6.59. The molecule has 0 bridgehead atoms. The SMILES string of the molecule is CCCC1CCC(C2CCC(c3ccc(OCC)cc3)CO2)CC1. The van der Waals surface area contributed by atoms with E-state index in [9.17, 15) is 0 Å². The van der Waals surface area contributed by atoms with Crippen molar-refractivity contribution < 1.29 is 9.47 Å². The van der Waals surface area contributed by atoms with Gasteiger partial charge in [-0.3, -0.25) is 0 Å². The Morgan fingerprint density at radius 2 is 1.71 bits per heavy atom. The van der Waals surface area contributed by atoms with E-state index in [1.165, 1.54) is 56.9 Å². The third kappa shape index (κ3) is 4.53. The van der Waals surface area contributed by atoms with Gasteiger partial charge in [0.15, 0.2) is 0 Å². The van der Waals surface area contributed by atoms with Crippen molar-refractivity contribution in [3.63, 3.8) is 0 Å². The van der Waals surface area contributed by atoms with Crippen LogP contribution in [0.25, 0.3) is 0 Å². The lowest BCUT2D eigenvalue weighted by Gasteiger charge is -2.38. The maximum absolute atomic E-state index is 6.33. The first kappa shape index (κ1) is 17.8. The summed E-state index contributed by atoms with van der Waals surface area (Å²) in [6.45, 7) is 5.97. The highest BCUT2D eigenvalue weighted by molar-refractivity contribution is 5.29. The van der Waals surface area contributed by atoms with Crippen LogP contribution in [-0.4, -0.2) is 19.3 Å². The van der Waals surface area contributed by atoms with Crippen molar-refractivity contribution in [2.45, 2.75) is 77.2 Å². The molecule has 1 aliphatic heterocycles. The molecule has 134 valence electrons. The van der Waals surface area contributed by atoms with Crippen LogP contribution in [0.1, 0.15) is 76.7 Å². The number of hydrogen-bond acceptors (Lipinski definition) is 2. The summed E-state index contributed by atoms with van der Waals surface area (Å²) in [5.41, 5.74) is 1.41. The molecule has 2 aliphatic rings.